The number of carbonyl (C=O) groups excluding carboxylic acids is 1. The van der Waals surface area contributed by atoms with Gasteiger partial charge in [-0.3, -0.25) is 9.69 Å². The zero-order chi connectivity index (χ0) is 20.7. The first kappa shape index (κ1) is 21.2. The van der Waals surface area contributed by atoms with Crippen molar-refractivity contribution >= 4 is 15.9 Å². The molecule has 0 atom stereocenters. The van der Waals surface area contributed by atoms with Crippen molar-refractivity contribution in [1.29, 1.82) is 0 Å². The molecule has 6 nitrogen and oxygen atoms in total. The standard InChI is InChI=1S/C22H27N3O3S/c1-2-13-24-29(27,28)21-11-9-18(10-12-21)22(26)23-16-19-7-3-4-8-20(19)17-25-14-5-6-15-25/h2-4,7-12,24H,1,5-6,13-17H2,(H,23,26). The highest BCUT2D eigenvalue weighted by molar-refractivity contribution is 7.89. The summed E-state index contributed by atoms with van der Waals surface area (Å²) in [5.74, 6) is -0.232. The highest BCUT2D eigenvalue weighted by Gasteiger charge is 2.15. The summed E-state index contributed by atoms with van der Waals surface area (Å²) >= 11 is 0. The number of rotatable bonds is 9. The second-order valence-electron chi connectivity index (χ2n) is 7.10. The van der Waals surface area contributed by atoms with Crippen LogP contribution in [0.4, 0.5) is 0 Å². The number of carbonyl (C=O) groups is 1. The SMILES string of the molecule is C=CCNS(=O)(=O)c1ccc(C(=O)NCc2ccccc2CN2CCCC2)cc1. The van der Waals surface area contributed by atoms with Crippen LogP contribution in [0, 0.1) is 0 Å². The Bertz CT molecular complexity index is 950. The van der Waals surface area contributed by atoms with Crippen LogP contribution in [0.5, 0.6) is 0 Å². The van der Waals surface area contributed by atoms with Gasteiger partial charge >= 0.3 is 0 Å². The Morgan fingerprint density at radius 2 is 1.69 bits per heavy atom. The average molecular weight is 414 g/mol. The van der Waals surface area contributed by atoms with Crippen molar-refractivity contribution in [1.82, 2.24) is 14.9 Å². The van der Waals surface area contributed by atoms with E-state index in [2.05, 4.69) is 27.6 Å². The number of sulfonamides is 1. The molecule has 1 aliphatic heterocycles. The lowest BCUT2D eigenvalue weighted by atomic mass is 10.1. The van der Waals surface area contributed by atoms with Gasteiger partial charge in [-0.1, -0.05) is 30.3 Å². The molecule has 29 heavy (non-hydrogen) atoms. The summed E-state index contributed by atoms with van der Waals surface area (Å²) in [4.78, 5) is 15.1. The van der Waals surface area contributed by atoms with Crippen LogP contribution in [0.2, 0.25) is 0 Å². The van der Waals surface area contributed by atoms with E-state index >= 15 is 0 Å². The Labute approximate surface area is 172 Å². The lowest BCUT2D eigenvalue weighted by Crippen LogP contribution is -2.25. The Morgan fingerprint density at radius 3 is 2.34 bits per heavy atom. The first-order chi connectivity index (χ1) is 14.0. The van der Waals surface area contributed by atoms with Crippen molar-refractivity contribution in [2.75, 3.05) is 19.6 Å². The lowest BCUT2D eigenvalue weighted by Gasteiger charge is -2.17. The average Bonchev–Trinajstić information content (AvgIpc) is 3.24. The van der Waals surface area contributed by atoms with Gasteiger partial charge < -0.3 is 5.32 Å². The van der Waals surface area contributed by atoms with Crippen molar-refractivity contribution < 1.29 is 13.2 Å². The molecule has 154 valence electrons. The van der Waals surface area contributed by atoms with E-state index < -0.39 is 10.0 Å². The molecule has 7 heteroatoms. The molecule has 1 fully saturated rings. The quantitative estimate of drug-likeness (QED) is 0.620. The van der Waals surface area contributed by atoms with Gasteiger partial charge in [-0.15, -0.1) is 6.58 Å². The second kappa shape index (κ2) is 9.82. The molecule has 0 spiro atoms. The summed E-state index contributed by atoms with van der Waals surface area (Å²) < 4.78 is 26.6. The summed E-state index contributed by atoms with van der Waals surface area (Å²) in [6, 6.07) is 14.1. The highest BCUT2D eigenvalue weighted by atomic mass is 32.2. The fourth-order valence-corrected chi connectivity index (χ4v) is 4.38. The molecule has 1 aliphatic rings. The normalized spacial score (nSPS) is 14.6. The van der Waals surface area contributed by atoms with Crippen LogP contribution in [0.3, 0.4) is 0 Å². The molecule has 2 aromatic carbocycles. The summed E-state index contributed by atoms with van der Waals surface area (Å²) in [7, 11) is -3.59. The predicted octanol–water partition coefficient (Wildman–Crippen LogP) is 2.68. The molecule has 1 heterocycles. The number of hydrogen-bond donors (Lipinski definition) is 2. The van der Waals surface area contributed by atoms with E-state index in [1.807, 2.05) is 18.2 Å². The van der Waals surface area contributed by atoms with Crippen LogP contribution in [-0.2, 0) is 23.1 Å². The van der Waals surface area contributed by atoms with Gasteiger partial charge in [0, 0.05) is 25.2 Å². The first-order valence-electron chi connectivity index (χ1n) is 9.77. The van der Waals surface area contributed by atoms with Gasteiger partial charge in [-0.25, -0.2) is 13.1 Å². The summed E-state index contributed by atoms with van der Waals surface area (Å²) in [5.41, 5.74) is 2.75. The maximum Gasteiger partial charge on any atom is 0.251 e. The molecule has 0 radical (unpaired) electrons. The van der Waals surface area contributed by atoms with E-state index in [0.717, 1.165) is 25.2 Å². The van der Waals surface area contributed by atoms with Gasteiger partial charge in [0.1, 0.15) is 0 Å². The number of likely N-dealkylation sites (tertiary alicyclic amines) is 1. The van der Waals surface area contributed by atoms with Crippen LogP contribution in [0.1, 0.15) is 34.3 Å². The molecule has 0 bridgehead atoms. The molecule has 0 unspecified atom stereocenters. The highest BCUT2D eigenvalue weighted by Crippen LogP contribution is 2.16. The van der Waals surface area contributed by atoms with E-state index in [0.29, 0.717) is 12.1 Å². The third kappa shape index (κ3) is 5.76. The maximum atomic E-state index is 12.5. The smallest absolute Gasteiger partial charge is 0.251 e. The fraction of sp³-hybridized carbons (Fsp3) is 0.318. The zero-order valence-corrected chi connectivity index (χ0v) is 17.2. The van der Waals surface area contributed by atoms with Crippen LogP contribution in [-0.4, -0.2) is 38.9 Å². The van der Waals surface area contributed by atoms with E-state index in [9.17, 15) is 13.2 Å². The van der Waals surface area contributed by atoms with Crippen molar-refractivity contribution in [3.05, 3.63) is 77.9 Å². The largest absolute Gasteiger partial charge is 0.348 e. The van der Waals surface area contributed by atoms with Gasteiger partial charge in [0.15, 0.2) is 0 Å². The summed E-state index contributed by atoms with van der Waals surface area (Å²) in [5, 5.41) is 2.94. The molecule has 1 saturated heterocycles. The molecule has 2 N–H and O–H groups in total. The van der Waals surface area contributed by atoms with E-state index in [1.54, 1.807) is 0 Å². The van der Waals surface area contributed by atoms with E-state index in [1.165, 1.54) is 48.7 Å². The van der Waals surface area contributed by atoms with Crippen LogP contribution in [0.15, 0.2) is 66.1 Å². The number of nitrogens with zero attached hydrogens (tertiary/aromatic N) is 1. The maximum absolute atomic E-state index is 12.5. The molecular weight excluding hydrogens is 386 g/mol. The third-order valence-electron chi connectivity index (χ3n) is 4.99. The van der Waals surface area contributed by atoms with Gasteiger partial charge in [0.05, 0.1) is 4.90 Å². The van der Waals surface area contributed by atoms with Gasteiger partial charge in [0.2, 0.25) is 10.0 Å². The minimum absolute atomic E-state index is 0.117. The van der Waals surface area contributed by atoms with E-state index in [4.69, 9.17) is 0 Å². The Hall–Kier alpha value is -2.48. The second-order valence-corrected chi connectivity index (χ2v) is 8.87. The molecule has 0 saturated carbocycles. The molecule has 3 rings (SSSR count). The minimum atomic E-state index is -3.59. The van der Waals surface area contributed by atoms with Gasteiger partial charge in [-0.2, -0.15) is 0 Å². The predicted molar refractivity (Wildman–Crippen MR) is 114 cm³/mol. The summed E-state index contributed by atoms with van der Waals surface area (Å²) in [6.45, 7) is 7.23. The Balaban J connectivity index is 1.62. The number of amides is 1. The Kier molecular flexibility index (Phi) is 7.19. The summed E-state index contributed by atoms with van der Waals surface area (Å²) in [6.07, 6.45) is 3.96. The van der Waals surface area contributed by atoms with Gasteiger partial charge in [0.25, 0.3) is 5.91 Å². The first-order valence-corrected chi connectivity index (χ1v) is 11.3. The van der Waals surface area contributed by atoms with Crippen molar-refractivity contribution in [2.45, 2.75) is 30.8 Å². The van der Waals surface area contributed by atoms with E-state index in [-0.39, 0.29) is 17.3 Å². The van der Waals surface area contributed by atoms with Crippen molar-refractivity contribution in [3.8, 4) is 0 Å². The molecule has 0 aromatic heterocycles. The van der Waals surface area contributed by atoms with Crippen LogP contribution >= 0.6 is 0 Å². The van der Waals surface area contributed by atoms with Crippen molar-refractivity contribution in [3.63, 3.8) is 0 Å². The molecule has 0 aliphatic carbocycles. The monoisotopic (exact) mass is 413 g/mol. The topological polar surface area (TPSA) is 78.5 Å². The van der Waals surface area contributed by atoms with Crippen LogP contribution < -0.4 is 10.0 Å². The number of benzene rings is 2. The number of hydrogen-bond acceptors (Lipinski definition) is 4. The molecule has 2 aromatic rings. The zero-order valence-electron chi connectivity index (χ0n) is 16.4. The molecular formula is C22H27N3O3S. The fourth-order valence-electron chi connectivity index (χ4n) is 3.38. The minimum Gasteiger partial charge on any atom is -0.348 e. The lowest BCUT2D eigenvalue weighted by molar-refractivity contribution is 0.0950. The van der Waals surface area contributed by atoms with Crippen molar-refractivity contribution in [2.24, 2.45) is 0 Å². The van der Waals surface area contributed by atoms with Gasteiger partial charge in [-0.05, 0) is 61.3 Å². The third-order valence-corrected chi connectivity index (χ3v) is 6.43. The number of nitrogens with one attached hydrogen (secondary N) is 2. The Morgan fingerprint density at radius 1 is 1.03 bits per heavy atom. The molecule has 1 amide bonds. The van der Waals surface area contributed by atoms with Crippen LogP contribution in [0.25, 0.3) is 0 Å².